The molecule has 0 unspecified atom stereocenters. The number of carboxylic acid groups (broad SMARTS) is 1. The topological polar surface area (TPSA) is 195 Å². The number of carbonyl (C=O) groups is 4. The molecular formula is C51H55N9O6S2. The van der Waals surface area contributed by atoms with Crippen LogP contribution >= 0.6 is 22.7 Å². The van der Waals surface area contributed by atoms with E-state index in [1.165, 1.54) is 4.90 Å². The molecule has 0 bridgehead atoms. The molecule has 352 valence electrons. The Morgan fingerprint density at radius 1 is 0.926 bits per heavy atom. The van der Waals surface area contributed by atoms with Crippen molar-refractivity contribution in [3.8, 4) is 15.4 Å². The van der Waals surface area contributed by atoms with Crippen LogP contribution in [0.2, 0.25) is 0 Å². The fraction of sp³-hybridized carbons (Fsp3) is 0.373. The Bertz CT molecular complexity index is 2980. The second-order valence-electron chi connectivity index (χ2n) is 19.1. The van der Waals surface area contributed by atoms with Crippen LogP contribution in [0.15, 0.2) is 77.2 Å². The average Bonchev–Trinajstić information content (AvgIpc) is 4.14. The van der Waals surface area contributed by atoms with Crippen LogP contribution in [0, 0.1) is 33.1 Å². The first-order chi connectivity index (χ1) is 32.4. The van der Waals surface area contributed by atoms with Crippen molar-refractivity contribution in [2.45, 2.75) is 105 Å². The molecule has 1 saturated heterocycles. The minimum atomic E-state index is -1.01. The molecule has 5 atom stereocenters. The smallest absolute Gasteiger partial charge is 0.306 e. The number of aliphatic imine (C=N–C) groups is 1. The number of aliphatic hydroxyl groups excluding tert-OH is 1. The molecule has 9 rings (SSSR count). The molecule has 0 aliphatic carbocycles. The SMILES string of the molecule is Cc1ncsc1-c1ccc([C@H](C)NC(=O)[C@@H]2C[C@@H](O)CN2C(=O)[C@@H](NC(=O)c2ccc3c(c2)N(c2ccc(C4=N[C@@H](CC(=O)O)c5nnc(C)n5-c5sc(C)c(C)c54)cc2)CC3)C(C)(C)C)cc1. The quantitative estimate of drug-likeness (QED) is 0.0998. The molecule has 6 aromatic rings. The summed E-state index contributed by atoms with van der Waals surface area (Å²) in [4.78, 5) is 69.9. The van der Waals surface area contributed by atoms with E-state index in [4.69, 9.17) is 4.99 Å². The molecule has 3 amide bonds. The first kappa shape index (κ1) is 46.5. The molecule has 6 heterocycles. The van der Waals surface area contributed by atoms with Crippen molar-refractivity contribution in [1.29, 1.82) is 0 Å². The average molecular weight is 954 g/mol. The molecule has 3 aliphatic rings. The summed E-state index contributed by atoms with van der Waals surface area (Å²) >= 11 is 3.19. The van der Waals surface area contributed by atoms with E-state index in [-0.39, 0.29) is 31.3 Å². The van der Waals surface area contributed by atoms with Crippen LogP contribution in [0.3, 0.4) is 0 Å². The maximum Gasteiger partial charge on any atom is 0.306 e. The van der Waals surface area contributed by atoms with Crippen molar-refractivity contribution in [3.63, 3.8) is 0 Å². The van der Waals surface area contributed by atoms with Gasteiger partial charge in [0.2, 0.25) is 11.8 Å². The molecule has 0 saturated carbocycles. The van der Waals surface area contributed by atoms with Crippen molar-refractivity contribution in [2.75, 3.05) is 18.0 Å². The van der Waals surface area contributed by atoms with Crippen LogP contribution in [-0.2, 0) is 20.8 Å². The van der Waals surface area contributed by atoms with Crippen molar-refractivity contribution >= 4 is 63.5 Å². The van der Waals surface area contributed by atoms with Gasteiger partial charge in [-0.05, 0) is 93.0 Å². The fourth-order valence-corrected chi connectivity index (χ4v) is 11.5. The van der Waals surface area contributed by atoms with Crippen LogP contribution in [0.25, 0.3) is 15.4 Å². The number of likely N-dealkylation sites (tertiary alicyclic amines) is 1. The van der Waals surface area contributed by atoms with E-state index < -0.39 is 47.4 Å². The normalized spacial score (nSPS) is 18.5. The van der Waals surface area contributed by atoms with E-state index in [0.717, 1.165) is 71.6 Å². The lowest BCUT2D eigenvalue weighted by molar-refractivity contribution is -0.142. The Balaban J connectivity index is 0.919. The third-order valence-corrected chi connectivity index (χ3v) is 15.5. The molecule has 0 radical (unpaired) electrons. The predicted octanol–water partition coefficient (Wildman–Crippen LogP) is 7.73. The number of anilines is 2. The highest BCUT2D eigenvalue weighted by atomic mass is 32.1. The largest absolute Gasteiger partial charge is 0.481 e. The van der Waals surface area contributed by atoms with Gasteiger partial charge in [0.25, 0.3) is 5.91 Å². The van der Waals surface area contributed by atoms with Crippen molar-refractivity contribution < 1.29 is 29.4 Å². The van der Waals surface area contributed by atoms with Gasteiger partial charge < -0.3 is 30.6 Å². The lowest BCUT2D eigenvalue weighted by atomic mass is 9.85. The van der Waals surface area contributed by atoms with Gasteiger partial charge in [-0.15, -0.1) is 32.9 Å². The van der Waals surface area contributed by atoms with Gasteiger partial charge >= 0.3 is 5.97 Å². The van der Waals surface area contributed by atoms with Gasteiger partial charge in [0, 0.05) is 52.5 Å². The number of carbonyl (C=O) groups excluding carboxylic acids is 3. The molecule has 3 aromatic carbocycles. The van der Waals surface area contributed by atoms with Gasteiger partial charge in [-0.3, -0.25) is 28.7 Å². The zero-order valence-corrected chi connectivity index (χ0v) is 41.0. The highest BCUT2D eigenvalue weighted by molar-refractivity contribution is 7.15. The molecule has 17 heteroatoms. The number of aromatic nitrogens is 4. The van der Waals surface area contributed by atoms with Crippen LogP contribution in [0.5, 0.6) is 0 Å². The third kappa shape index (κ3) is 8.74. The number of β-amino-alcohol motifs (C(OH)–C–C–N with tert-alkyl or cyclic N) is 1. The number of benzene rings is 3. The first-order valence-corrected chi connectivity index (χ1v) is 24.5. The molecule has 15 nitrogen and oxygen atoms in total. The Morgan fingerprint density at radius 2 is 1.65 bits per heavy atom. The molecule has 3 aliphatic heterocycles. The number of amides is 3. The number of hydrogen-bond acceptors (Lipinski definition) is 12. The Hall–Kier alpha value is -6.56. The summed E-state index contributed by atoms with van der Waals surface area (Å²) in [5.74, 6) is -1.06. The summed E-state index contributed by atoms with van der Waals surface area (Å²) in [5.41, 5.74) is 10.7. The van der Waals surface area contributed by atoms with E-state index >= 15 is 0 Å². The molecule has 4 N–H and O–H groups in total. The summed E-state index contributed by atoms with van der Waals surface area (Å²) in [6.07, 6.45) is -0.292. The highest BCUT2D eigenvalue weighted by Crippen LogP contribution is 2.41. The van der Waals surface area contributed by atoms with E-state index in [0.29, 0.717) is 29.5 Å². The Labute approximate surface area is 403 Å². The summed E-state index contributed by atoms with van der Waals surface area (Å²) in [7, 11) is 0. The number of nitrogens with zero attached hydrogens (tertiary/aromatic N) is 7. The lowest BCUT2D eigenvalue weighted by Gasteiger charge is -2.35. The maximum absolute atomic E-state index is 14.5. The zero-order chi connectivity index (χ0) is 48.3. The standard InChI is InChI=1S/C51H55N9O6S2/c1-26-29(4)68-50-42(26)43(54-38(23-41(62)63)46-57-56-30(5)60(46)50)33-15-17-36(18-16-33)58-20-19-32-11-14-35(21-39(32)58)47(64)55-45(51(6,7)8)49(66)59-24-37(61)22-40(59)48(65)53-27(2)31-9-12-34(13-10-31)44-28(3)52-25-67-44/h9-18,21,25,27,37-38,40,45,61H,19-20,22-24H2,1-8H3,(H,53,65)(H,55,64)(H,62,63)/t27-,37+,38-,40-,45+/m0/s1. The number of aryl methyl sites for hydroxylation is 3. The number of thiophene rings is 1. The van der Waals surface area contributed by atoms with Gasteiger partial charge in [0.15, 0.2) is 5.82 Å². The van der Waals surface area contributed by atoms with Gasteiger partial charge in [0.05, 0.1) is 40.4 Å². The molecule has 3 aromatic heterocycles. The zero-order valence-electron chi connectivity index (χ0n) is 39.3. The summed E-state index contributed by atoms with van der Waals surface area (Å²) in [6.45, 7) is 16.1. The summed E-state index contributed by atoms with van der Waals surface area (Å²) in [5, 5.41) is 36.4. The van der Waals surface area contributed by atoms with Crippen molar-refractivity contribution in [1.82, 2.24) is 35.3 Å². The highest BCUT2D eigenvalue weighted by Gasteiger charge is 2.45. The number of hydrogen-bond donors (Lipinski definition) is 4. The monoisotopic (exact) mass is 953 g/mol. The second kappa shape index (κ2) is 18.2. The summed E-state index contributed by atoms with van der Waals surface area (Å²) < 4.78 is 1.94. The number of rotatable bonds is 11. The Kier molecular flexibility index (Phi) is 12.4. The van der Waals surface area contributed by atoms with E-state index in [9.17, 15) is 29.4 Å². The van der Waals surface area contributed by atoms with Crippen LogP contribution in [0.4, 0.5) is 11.4 Å². The number of aliphatic hydroxyl groups is 1. The summed E-state index contributed by atoms with van der Waals surface area (Å²) in [6, 6.07) is 18.5. The Morgan fingerprint density at radius 3 is 2.32 bits per heavy atom. The predicted molar refractivity (Wildman–Crippen MR) is 263 cm³/mol. The number of aliphatic carboxylic acids is 1. The van der Waals surface area contributed by atoms with E-state index in [1.807, 2.05) is 112 Å². The first-order valence-electron chi connectivity index (χ1n) is 22.8. The van der Waals surface area contributed by atoms with Crippen LogP contribution in [0.1, 0.15) is 113 Å². The van der Waals surface area contributed by atoms with Gasteiger partial charge in [-0.2, -0.15) is 0 Å². The lowest BCUT2D eigenvalue weighted by Crippen LogP contribution is -2.57. The van der Waals surface area contributed by atoms with E-state index in [1.54, 1.807) is 28.7 Å². The van der Waals surface area contributed by atoms with E-state index in [2.05, 4.69) is 44.6 Å². The minimum absolute atomic E-state index is 0.0323. The molecule has 0 spiro atoms. The third-order valence-electron chi connectivity index (χ3n) is 13.3. The minimum Gasteiger partial charge on any atom is -0.481 e. The van der Waals surface area contributed by atoms with Gasteiger partial charge in [-0.25, -0.2) is 4.98 Å². The van der Waals surface area contributed by atoms with Crippen molar-refractivity contribution in [2.24, 2.45) is 10.4 Å². The molecule has 68 heavy (non-hydrogen) atoms. The molecule has 1 fully saturated rings. The number of carboxylic acids is 1. The van der Waals surface area contributed by atoms with Crippen LogP contribution in [-0.4, -0.2) is 95.5 Å². The maximum atomic E-state index is 14.5. The van der Waals surface area contributed by atoms with Crippen LogP contribution < -0.4 is 15.5 Å². The van der Waals surface area contributed by atoms with Gasteiger partial charge in [0.1, 0.15) is 29.0 Å². The number of fused-ring (bicyclic) bond motifs is 4. The molecular weight excluding hydrogens is 899 g/mol. The van der Waals surface area contributed by atoms with Gasteiger partial charge in [-0.1, -0.05) is 63.2 Å². The second-order valence-corrected chi connectivity index (χ2v) is 21.1. The number of nitrogens with one attached hydrogen (secondary N) is 2. The fourth-order valence-electron chi connectivity index (χ4n) is 9.51. The van der Waals surface area contributed by atoms with Crippen molar-refractivity contribution in [3.05, 3.63) is 128 Å². The number of thiazole rings is 1.